The highest BCUT2D eigenvalue weighted by atomic mass is 32.1. The van der Waals surface area contributed by atoms with E-state index < -0.39 is 0 Å². The Morgan fingerprint density at radius 2 is 2.24 bits per heavy atom. The molecule has 1 fully saturated rings. The zero-order valence-electron chi connectivity index (χ0n) is 11.2. The summed E-state index contributed by atoms with van der Waals surface area (Å²) < 4.78 is 5.30. The predicted octanol–water partition coefficient (Wildman–Crippen LogP) is 2.41. The molecule has 100 valence electrons. The zero-order valence-corrected chi connectivity index (χ0v) is 12.0. The Bertz CT molecular complexity index is 223. The smallest absolute Gasteiger partial charge is 0.168 e. The van der Waals surface area contributed by atoms with Gasteiger partial charge in [0.15, 0.2) is 5.11 Å². The summed E-state index contributed by atoms with van der Waals surface area (Å²) in [6, 6.07) is 0. The highest BCUT2D eigenvalue weighted by Crippen LogP contribution is 2.16. The van der Waals surface area contributed by atoms with Crippen molar-refractivity contribution in [1.82, 2.24) is 10.2 Å². The first kappa shape index (κ1) is 14.7. The first-order chi connectivity index (χ1) is 8.24. The Balaban J connectivity index is 2.13. The predicted molar refractivity (Wildman–Crippen MR) is 76.3 cm³/mol. The average Bonchev–Trinajstić information content (AvgIpc) is 2.53. The molecule has 0 bridgehead atoms. The van der Waals surface area contributed by atoms with Crippen LogP contribution in [0.3, 0.4) is 0 Å². The number of ether oxygens (including phenoxy) is 1. The van der Waals surface area contributed by atoms with E-state index in [0.717, 1.165) is 50.3 Å². The van der Waals surface area contributed by atoms with Gasteiger partial charge in [-0.25, -0.2) is 0 Å². The lowest BCUT2D eigenvalue weighted by atomic mass is 10.0. The van der Waals surface area contributed by atoms with E-state index in [1.54, 1.807) is 0 Å². The maximum atomic E-state index is 5.42. The van der Waals surface area contributed by atoms with E-state index in [4.69, 9.17) is 17.0 Å². The quantitative estimate of drug-likeness (QED) is 0.604. The first-order valence-electron chi connectivity index (χ1n) is 6.84. The van der Waals surface area contributed by atoms with Crippen LogP contribution in [-0.4, -0.2) is 42.9 Å². The Labute approximate surface area is 111 Å². The Hall–Kier alpha value is -0.350. The van der Waals surface area contributed by atoms with Crippen molar-refractivity contribution in [3.8, 4) is 0 Å². The molecule has 1 unspecified atom stereocenters. The van der Waals surface area contributed by atoms with E-state index in [9.17, 15) is 0 Å². The van der Waals surface area contributed by atoms with Crippen LogP contribution in [0.1, 0.15) is 39.5 Å². The van der Waals surface area contributed by atoms with Crippen LogP contribution in [0.4, 0.5) is 0 Å². The largest absolute Gasteiger partial charge is 0.382 e. The zero-order chi connectivity index (χ0) is 12.5. The Kier molecular flexibility index (Phi) is 7.53. The number of nitrogens with zero attached hydrogens (tertiary/aromatic N) is 1. The maximum Gasteiger partial charge on any atom is 0.168 e. The van der Waals surface area contributed by atoms with Gasteiger partial charge in [0, 0.05) is 32.8 Å². The number of rotatable bonds is 5. The summed E-state index contributed by atoms with van der Waals surface area (Å²) in [5.74, 6) is 0.848. The van der Waals surface area contributed by atoms with Gasteiger partial charge < -0.3 is 15.0 Å². The van der Waals surface area contributed by atoms with Crippen LogP contribution in [0.15, 0.2) is 0 Å². The highest BCUT2D eigenvalue weighted by molar-refractivity contribution is 7.80. The van der Waals surface area contributed by atoms with Crippen molar-refractivity contribution in [2.45, 2.75) is 39.5 Å². The van der Waals surface area contributed by atoms with Gasteiger partial charge in [0.05, 0.1) is 0 Å². The average molecular weight is 258 g/mol. The van der Waals surface area contributed by atoms with Gasteiger partial charge in [-0.3, -0.25) is 0 Å². The van der Waals surface area contributed by atoms with Gasteiger partial charge in [0.2, 0.25) is 0 Å². The molecule has 1 rings (SSSR count). The molecule has 1 atom stereocenters. The topological polar surface area (TPSA) is 24.5 Å². The minimum absolute atomic E-state index is 0.800. The molecule has 3 nitrogen and oxygen atoms in total. The molecule has 0 aromatic carbocycles. The summed E-state index contributed by atoms with van der Waals surface area (Å²) in [4.78, 5) is 2.32. The summed E-state index contributed by atoms with van der Waals surface area (Å²) in [7, 11) is 0. The van der Waals surface area contributed by atoms with E-state index in [-0.39, 0.29) is 0 Å². The lowest BCUT2D eigenvalue weighted by Crippen LogP contribution is -2.40. The monoisotopic (exact) mass is 258 g/mol. The summed E-state index contributed by atoms with van der Waals surface area (Å²) in [6.45, 7) is 9.13. The first-order valence-corrected chi connectivity index (χ1v) is 7.25. The molecule has 0 radical (unpaired) electrons. The standard InChI is InChI=1S/C13H26N2OS/c1-3-16-11-5-8-14-13(17)15-9-4-6-12(2)7-10-15/h12H,3-11H2,1-2H3,(H,14,17). The van der Waals surface area contributed by atoms with Gasteiger partial charge in [-0.1, -0.05) is 6.92 Å². The van der Waals surface area contributed by atoms with Crippen LogP contribution < -0.4 is 5.32 Å². The minimum Gasteiger partial charge on any atom is -0.382 e. The van der Waals surface area contributed by atoms with E-state index in [2.05, 4.69) is 17.1 Å². The van der Waals surface area contributed by atoms with Crippen LogP contribution in [0.25, 0.3) is 0 Å². The van der Waals surface area contributed by atoms with Crippen molar-refractivity contribution in [2.75, 3.05) is 32.8 Å². The molecule has 0 amide bonds. The van der Waals surface area contributed by atoms with Crippen LogP contribution in [0.2, 0.25) is 0 Å². The van der Waals surface area contributed by atoms with Gasteiger partial charge in [-0.2, -0.15) is 0 Å². The molecule has 0 saturated carbocycles. The van der Waals surface area contributed by atoms with Gasteiger partial charge in [-0.05, 0) is 50.7 Å². The van der Waals surface area contributed by atoms with Crippen LogP contribution >= 0.6 is 12.2 Å². The molecule has 1 heterocycles. The third-order valence-electron chi connectivity index (χ3n) is 3.25. The van der Waals surface area contributed by atoms with E-state index in [0.29, 0.717) is 0 Å². The molecule has 0 aromatic heterocycles. The summed E-state index contributed by atoms with van der Waals surface area (Å²) in [6.07, 6.45) is 4.89. The summed E-state index contributed by atoms with van der Waals surface area (Å²) in [5.41, 5.74) is 0. The molecule has 1 saturated heterocycles. The SMILES string of the molecule is CCOCCCNC(=S)N1CCCC(C)CC1. The van der Waals surface area contributed by atoms with Crippen molar-refractivity contribution < 1.29 is 4.74 Å². The van der Waals surface area contributed by atoms with E-state index >= 15 is 0 Å². The van der Waals surface area contributed by atoms with Gasteiger partial charge in [0.1, 0.15) is 0 Å². The molecule has 1 aliphatic rings. The lowest BCUT2D eigenvalue weighted by Gasteiger charge is -2.24. The molecular weight excluding hydrogens is 232 g/mol. The van der Waals surface area contributed by atoms with Crippen molar-refractivity contribution in [3.63, 3.8) is 0 Å². The third kappa shape index (κ3) is 6.22. The molecule has 4 heteroatoms. The van der Waals surface area contributed by atoms with Gasteiger partial charge in [0.25, 0.3) is 0 Å². The summed E-state index contributed by atoms with van der Waals surface area (Å²) >= 11 is 5.42. The number of likely N-dealkylation sites (tertiary alicyclic amines) is 1. The number of thiocarbonyl (C=S) groups is 1. The molecule has 0 aromatic rings. The molecule has 0 spiro atoms. The Morgan fingerprint density at radius 3 is 3.00 bits per heavy atom. The maximum absolute atomic E-state index is 5.42. The fourth-order valence-electron chi connectivity index (χ4n) is 2.09. The molecular formula is C13H26N2OS. The van der Waals surface area contributed by atoms with Crippen molar-refractivity contribution in [3.05, 3.63) is 0 Å². The second-order valence-electron chi connectivity index (χ2n) is 4.81. The number of hydrogen-bond acceptors (Lipinski definition) is 2. The third-order valence-corrected chi connectivity index (χ3v) is 3.65. The molecule has 17 heavy (non-hydrogen) atoms. The van der Waals surface area contributed by atoms with Crippen molar-refractivity contribution >= 4 is 17.3 Å². The van der Waals surface area contributed by atoms with Crippen LogP contribution in [0.5, 0.6) is 0 Å². The minimum atomic E-state index is 0.800. The van der Waals surface area contributed by atoms with Crippen molar-refractivity contribution in [1.29, 1.82) is 0 Å². The molecule has 1 aliphatic heterocycles. The van der Waals surface area contributed by atoms with Crippen LogP contribution in [-0.2, 0) is 4.74 Å². The Morgan fingerprint density at radius 1 is 1.41 bits per heavy atom. The number of hydrogen-bond donors (Lipinski definition) is 1. The van der Waals surface area contributed by atoms with E-state index in [1.165, 1.54) is 19.3 Å². The lowest BCUT2D eigenvalue weighted by molar-refractivity contribution is 0.145. The fourth-order valence-corrected chi connectivity index (χ4v) is 2.38. The van der Waals surface area contributed by atoms with Gasteiger partial charge >= 0.3 is 0 Å². The van der Waals surface area contributed by atoms with Crippen molar-refractivity contribution in [2.24, 2.45) is 5.92 Å². The molecule has 0 aliphatic carbocycles. The second-order valence-corrected chi connectivity index (χ2v) is 5.19. The van der Waals surface area contributed by atoms with E-state index in [1.807, 2.05) is 6.92 Å². The summed E-state index contributed by atoms with van der Waals surface area (Å²) in [5, 5.41) is 4.26. The number of nitrogens with one attached hydrogen (secondary N) is 1. The normalized spacial score (nSPS) is 21.1. The second kappa shape index (κ2) is 8.70. The van der Waals surface area contributed by atoms with Crippen LogP contribution in [0, 0.1) is 5.92 Å². The highest BCUT2D eigenvalue weighted by Gasteiger charge is 2.15. The fraction of sp³-hybridized carbons (Fsp3) is 0.923. The molecule has 1 N–H and O–H groups in total. The van der Waals surface area contributed by atoms with Gasteiger partial charge in [-0.15, -0.1) is 0 Å².